The second-order valence-electron chi connectivity index (χ2n) is 3.98. The molecule has 0 aliphatic heterocycles. The van der Waals surface area contributed by atoms with Gasteiger partial charge >= 0.3 is 18.0 Å². The number of aliphatic carboxylic acids is 2. The van der Waals surface area contributed by atoms with Crippen molar-refractivity contribution in [1.29, 1.82) is 0 Å². The predicted octanol–water partition coefficient (Wildman–Crippen LogP) is 0.650. The van der Waals surface area contributed by atoms with Gasteiger partial charge in [0.25, 0.3) is 0 Å². The van der Waals surface area contributed by atoms with Gasteiger partial charge in [0.05, 0.1) is 17.7 Å². The summed E-state index contributed by atoms with van der Waals surface area (Å²) in [5, 5.41) is 24.0. The molecule has 0 saturated carbocycles. The molecule has 1 heterocycles. The van der Waals surface area contributed by atoms with Gasteiger partial charge in [-0.25, -0.2) is 14.6 Å². The number of nitrogens with zero attached hydrogens (tertiary/aromatic N) is 1. The Balaban J connectivity index is 2.34. The highest BCUT2D eigenvalue weighted by Crippen LogP contribution is 2.02. The van der Waals surface area contributed by atoms with Gasteiger partial charge in [-0.1, -0.05) is 0 Å². The summed E-state index contributed by atoms with van der Waals surface area (Å²) in [6.07, 6.45) is 0.107. The number of amides is 2. The van der Waals surface area contributed by atoms with Gasteiger partial charge in [0.2, 0.25) is 0 Å². The van der Waals surface area contributed by atoms with Crippen LogP contribution < -0.4 is 10.6 Å². The number of hydrogen-bond donors (Lipinski definition) is 4. The van der Waals surface area contributed by atoms with E-state index < -0.39 is 24.0 Å². The fourth-order valence-corrected chi connectivity index (χ4v) is 1.98. The van der Waals surface area contributed by atoms with Crippen LogP contribution in [0.2, 0.25) is 0 Å². The number of carbonyl (C=O) groups excluding carboxylic acids is 1. The van der Waals surface area contributed by atoms with Crippen LogP contribution >= 0.6 is 11.3 Å². The molecule has 0 spiro atoms. The number of urea groups is 1. The third kappa shape index (κ3) is 6.14. The summed E-state index contributed by atoms with van der Waals surface area (Å²) in [6.45, 7) is 0.205. The molecule has 0 radical (unpaired) electrons. The molecule has 8 nitrogen and oxygen atoms in total. The lowest BCUT2D eigenvalue weighted by molar-refractivity contribution is -0.140. The Bertz CT molecular complexity index is 463. The van der Waals surface area contributed by atoms with E-state index in [9.17, 15) is 14.4 Å². The highest BCUT2D eigenvalue weighted by Gasteiger charge is 2.19. The minimum atomic E-state index is -1.20. The summed E-state index contributed by atoms with van der Waals surface area (Å²) in [6, 6.07) is -1.73. The zero-order valence-electron chi connectivity index (χ0n) is 10.5. The van der Waals surface area contributed by atoms with Crippen molar-refractivity contribution in [3.8, 4) is 0 Å². The number of rotatable bonds is 8. The normalized spacial score (nSPS) is 11.6. The predicted molar refractivity (Wildman–Crippen MR) is 70.4 cm³/mol. The van der Waals surface area contributed by atoms with E-state index >= 15 is 0 Å². The number of aromatic nitrogens is 1. The fraction of sp³-hybridized carbons (Fsp3) is 0.455. The molecule has 0 unspecified atom stereocenters. The first-order chi connectivity index (χ1) is 9.49. The molecule has 0 aromatic carbocycles. The number of hydrogen-bond acceptors (Lipinski definition) is 5. The van der Waals surface area contributed by atoms with Gasteiger partial charge < -0.3 is 20.8 Å². The molecule has 0 bridgehead atoms. The average molecular weight is 301 g/mol. The monoisotopic (exact) mass is 301 g/mol. The first-order valence-corrected chi connectivity index (χ1v) is 6.79. The van der Waals surface area contributed by atoms with Gasteiger partial charge in [0.15, 0.2) is 0 Å². The van der Waals surface area contributed by atoms with E-state index in [2.05, 4.69) is 15.6 Å². The minimum absolute atomic E-state index is 0.0613. The Morgan fingerprint density at radius 3 is 2.65 bits per heavy atom. The van der Waals surface area contributed by atoms with Crippen LogP contribution in [0.5, 0.6) is 0 Å². The standard InChI is InChI=1S/C11H15N3O5S/c15-9(16)3-1-2-8(10(17)18)14-11(19)12-4-7-5-20-6-13-7/h5-6,8H,1-4H2,(H,15,16)(H,17,18)(H2,12,14,19)/t8-/m1/s1. The molecule has 2 amide bonds. The Labute approximate surface area is 118 Å². The maximum atomic E-state index is 11.5. The van der Waals surface area contributed by atoms with Crippen molar-refractivity contribution in [1.82, 2.24) is 15.6 Å². The summed E-state index contributed by atoms with van der Waals surface area (Å²) in [4.78, 5) is 36.8. The average Bonchev–Trinajstić information content (AvgIpc) is 2.87. The van der Waals surface area contributed by atoms with Crippen LogP contribution in [-0.4, -0.2) is 39.2 Å². The van der Waals surface area contributed by atoms with Gasteiger partial charge in [-0.2, -0.15) is 0 Å². The van der Waals surface area contributed by atoms with Gasteiger partial charge in [-0.15, -0.1) is 11.3 Å². The lowest BCUT2D eigenvalue weighted by Crippen LogP contribution is -2.45. The Kier molecular flexibility index (Phi) is 6.44. The Morgan fingerprint density at radius 2 is 2.10 bits per heavy atom. The van der Waals surface area contributed by atoms with Crippen molar-refractivity contribution in [2.45, 2.75) is 31.8 Å². The molecule has 0 aliphatic rings. The van der Waals surface area contributed by atoms with Crippen molar-refractivity contribution in [2.75, 3.05) is 0 Å². The van der Waals surface area contributed by atoms with Crippen LogP contribution in [0, 0.1) is 0 Å². The quantitative estimate of drug-likeness (QED) is 0.558. The zero-order valence-corrected chi connectivity index (χ0v) is 11.4. The molecule has 0 saturated heterocycles. The van der Waals surface area contributed by atoms with E-state index in [-0.39, 0.29) is 25.8 Å². The summed E-state index contributed by atoms with van der Waals surface area (Å²) in [5.74, 6) is -2.19. The summed E-state index contributed by atoms with van der Waals surface area (Å²) < 4.78 is 0. The van der Waals surface area contributed by atoms with E-state index in [1.54, 1.807) is 10.9 Å². The second-order valence-corrected chi connectivity index (χ2v) is 4.70. The van der Waals surface area contributed by atoms with Crippen LogP contribution in [0.3, 0.4) is 0 Å². The fourth-order valence-electron chi connectivity index (χ4n) is 1.42. The van der Waals surface area contributed by atoms with Crippen molar-refractivity contribution >= 4 is 29.3 Å². The second kappa shape index (κ2) is 8.10. The summed E-state index contributed by atoms with van der Waals surface area (Å²) in [7, 11) is 0. The summed E-state index contributed by atoms with van der Waals surface area (Å²) in [5.41, 5.74) is 2.31. The lowest BCUT2D eigenvalue weighted by atomic mass is 10.1. The van der Waals surface area contributed by atoms with E-state index in [1.807, 2.05) is 0 Å². The van der Waals surface area contributed by atoms with Crippen LogP contribution in [0.4, 0.5) is 4.79 Å². The molecule has 4 N–H and O–H groups in total. The van der Waals surface area contributed by atoms with Gasteiger partial charge in [-0.05, 0) is 12.8 Å². The minimum Gasteiger partial charge on any atom is -0.481 e. The maximum absolute atomic E-state index is 11.5. The molecule has 1 aromatic rings. The number of thiazole rings is 1. The molecular formula is C11H15N3O5S. The summed E-state index contributed by atoms with van der Waals surface area (Å²) >= 11 is 1.39. The van der Waals surface area contributed by atoms with E-state index in [0.29, 0.717) is 5.69 Å². The van der Waals surface area contributed by atoms with Gasteiger partial charge in [0, 0.05) is 11.8 Å². The molecule has 1 rings (SSSR count). The number of carbonyl (C=O) groups is 3. The maximum Gasteiger partial charge on any atom is 0.326 e. The topological polar surface area (TPSA) is 129 Å². The van der Waals surface area contributed by atoms with Crippen molar-refractivity contribution in [2.24, 2.45) is 0 Å². The van der Waals surface area contributed by atoms with Crippen molar-refractivity contribution < 1.29 is 24.6 Å². The zero-order chi connectivity index (χ0) is 15.0. The highest BCUT2D eigenvalue weighted by molar-refractivity contribution is 7.07. The van der Waals surface area contributed by atoms with Crippen molar-refractivity contribution in [3.05, 3.63) is 16.6 Å². The molecule has 0 aliphatic carbocycles. The van der Waals surface area contributed by atoms with E-state index in [0.717, 1.165) is 0 Å². The smallest absolute Gasteiger partial charge is 0.326 e. The van der Waals surface area contributed by atoms with Crippen LogP contribution in [0.25, 0.3) is 0 Å². The Morgan fingerprint density at radius 1 is 1.35 bits per heavy atom. The first-order valence-electron chi connectivity index (χ1n) is 5.85. The van der Waals surface area contributed by atoms with Gasteiger partial charge in [-0.3, -0.25) is 4.79 Å². The Hall–Kier alpha value is -2.16. The number of carboxylic acid groups (broad SMARTS) is 2. The molecule has 110 valence electrons. The SMILES string of the molecule is O=C(O)CCC[C@@H](NC(=O)NCc1cscn1)C(=O)O. The van der Waals surface area contributed by atoms with Crippen LogP contribution in [0.1, 0.15) is 25.0 Å². The van der Waals surface area contributed by atoms with Crippen LogP contribution in [0.15, 0.2) is 10.9 Å². The first kappa shape index (κ1) is 15.9. The number of nitrogens with one attached hydrogen (secondary N) is 2. The van der Waals surface area contributed by atoms with E-state index in [1.165, 1.54) is 11.3 Å². The highest BCUT2D eigenvalue weighted by atomic mass is 32.1. The molecular weight excluding hydrogens is 286 g/mol. The molecule has 20 heavy (non-hydrogen) atoms. The molecule has 1 aromatic heterocycles. The van der Waals surface area contributed by atoms with Crippen molar-refractivity contribution in [3.63, 3.8) is 0 Å². The largest absolute Gasteiger partial charge is 0.481 e. The number of carboxylic acids is 2. The molecule has 9 heteroatoms. The van der Waals surface area contributed by atoms with Crippen LogP contribution in [-0.2, 0) is 16.1 Å². The third-order valence-electron chi connectivity index (χ3n) is 2.40. The molecule has 1 atom stereocenters. The van der Waals surface area contributed by atoms with Gasteiger partial charge in [0.1, 0.15) is 6.04 Å². The molecule has 0 fully saturated rings. The van der Waals surface area contributed by atoms with E-state index in [4.69, 9.17) is 10.2 Å². The third-order valence-corrected chi connectivity index (χ3v) is 3.04. The lowest BCUT2D eigenvalue weighted by Gasteiger charge is -2.14.